The summed E-state index contributed by atoms with van der Waals surface area (Å²) in [6.45, 7) is 3.14. The molecule has 3 aromatic rings. The first kappa shape index (κ1) is 20.1. The van der Waals surface area contributed by atoms with E-state index in [9.17, 15) is 8.78 Å². The molecule has 3 aromatic carbocycles. The summed E-state index contributed by atoms with van der Waals surface area (Å²) < 4.78 is 38.7. The summed E-state index contributed by atoms with van der Waals surface area (Å²) in [6, 6.07) is 16.3. The van der Waals surface area contributed by atoms with Gasteiger partial charge in [-0.1, -0.05) is 12.1 Å². The van der Waals surface area contributed by atoms with Crippen LogP contribution in [-0.4, -0.2) is 6.61 Å². The minimum absolute atomic E-state index is 0.226. The van der Waals surface area contributed by atoms with Crippen LogP contribution in [0.5, 0.6) is 11.5 Å². The summed E-state index contributed by atoms with van der Waals surface area (Å²) in [5.41, 5.74) is 2.52. The maximum absolute atomic E-state index is 13.4. The van der Waals surface area contributed by atoms with Crippen molar-refractivity contribution in [2.45, 2.75) is 20.1 Å². The molecule has 0 heterocycles. The molecule has 0 saturated heterocycles. The molecule has 0 unspecified atom stereocenters. The van der Waals surface area contributed by atoms with E-state index in [0.717, 1.165) is 21.3 Å². The number of halogens is 3. The highest BCUT2D eigenvalue weighted by molar-refractivity contribution is 9.10. The Morgan fingerprint density at radius 1 is 0.893 bits per heavy atom. The second kappa shape index (κ2) is 9.55. The lowest BCUT2D eigenvalue weighted by Crippen LogP contribution is -2.04. The molecule has 0 aliphatic heterocycles. The molecule has 0 spiro atoms. The number of benzene rings is 3. The van der Waals surface area contributed by atoms with Gasteiger partial charge in [0.1, 0.15) is 18.2 Å². The number of anilines is 1. The highest BCUT2D eigenvalue weighted by Crippen LogP contribution is 2.37. The molecule has 0 bridgehead atoms. The number of hydrogen-bond donors (Lipinski definition) is 1. The fraction of sp³-hybridized carbons (Fsp3) is 0.182. The van der Waals surface area contributed by atoms with Gasteiger partial charge in [-0.25, -0.2) is 8.78 Å². The van der Waals surface area contributed by atoms with Crippen LogP contribution in [0.1, 0.15) is 18.1 Å². The Morgan fingerprint density at radius 2 is 1.68 bits per heavy atom. The second-order valence-corrected chi connectivity index (χ2v) is 6.97. The Balaban J connectivity index is 1.74. The maximum atomic E-state index is 13.4. The second-order valence-electron chi connectivity index (χ2n) is 6.12. The van der Waals surface area contributed by atoms with Crippen molar-refractivity contribution in [2.24, 2.45) is 0 Å². The Kier molecular flexibility index (Phi) is 6.87. The molecule has 0 radical (unpaired) electrons. The number of rotatable bonds is 8. The van der Waals surface area contributed by atoms with Crippen LogP contribution in [-0.2, 0) is 13.2 Å². The minimum Gasteiger partial charge on any atom is -0.490 e. The fourth-order valence-electron chi connectivity index (χ4n) is 2.68. The molecule has 0 amide bonds. The SMILES string of the molecule is CCOc1cc(CNc2ccc(F)cc2)cc(Br)c1OCc1cccc(F)c1. The van der Waals surface area contributed by atoms with Crippen molar-refractivity contribution in [3.8, 4) is 11.5 Å². The zero-order chi connectivity index (χ0) is 19.9. The van der Waals surface area contributed by atoms with Crippen LogP contribution in [0.3, 0.4) is 0 Å². The van der Waals surface area contributed by atoms with Crippen LogP contribution in [0.15, 0.2) is 65.1 Å². The molecular formula is C22H20BrF2NO2. The van der Waals surface area contributed by atoms with Crippen molar-refractivity contribution >= 4 is 21.6 Å². The first-order chi connectivity index (χ1) is 13.5. The molecule has 0 aromatic heterocycles. The van der Waals surface area contributed by atoms with Crippen molar-refractivity contribution in [3.63, 3.8) is 0 Å². The molecule has 0 fully saturated rings. The first-order valence-electron chi connectivity index (χ1n) is 8.87. The zero-order valence-corrected chi connectivity index (χ0v) is 16.9. The predicted octanol–water partition coefficient (Wildman–Crippen LogP) is 6.32. The van der Waals surface area contributed by atoms with E-state index in [1.54, 1.807) is 24.3 Å². The summed E-state index contributed by atoms with van der Waals surface area (Å²) in [4.78, 5) is 0. The third-order valence-corrected chi connectivity index (χ3v) is 4.57. The van der Waals surface area contributed by atoms with Crippen LogP contribution in [0.4, 0.5) is 14.5 Å². The molecule has 1 N–H and O–H groups in total. The van der Waals surface area contributed by atoms with E-state index in [-0.39, 0.29) is 18.2 Å². The highest BCUT2D eigenvalue weighted by atomic mass is 79.9. The van der Waals surface area contributed by atoms with Crippen molar-refractivity contribution in [1.29, 1.82) is 0 Å². The Hall–Kier alpha value is -2.60. The molecule has 0 aliphatic carbocycles. The van der Waals surface area contributed by atoms with Crippen molar-refractivity contribution in [2.75, 3.05) is 11.9 Å². The van der Waals surface area contributed by atoms with Crippen LogP contribution in [0, 0.1) is 11.6 Å². The van der Waals surface area contributed by atoms with E-state index in [1.165, 1.54) is 24.3 Å². The van der Waals surface area contributed by atoms with E-state index < -0.39 is 0 Å². The van der Waals surface area contributed by atoms with Crippen molar-refractivity contribution in [1.82, 2.24) is 0 Å². The standard InChI is InChI=1S/C22H20BrF2NO2/c1-2-27-21-12-16(13-26-19-8-6-17(24)7-9-19)11-20(23)22(21)28-14-15-4-3-5-18(25)10-15/h3-12,26H,2,13-14H2,1H3. The van der Waals surface area contributed by atoms with E-state index in [4.69, 9.17) is 9.47 Å². The van der Waals surface area contributed by atoms with Gasteiger partial charge in [-0.2, -0.15) is 0 Å². The van der Waals surface area contributed by atoms with Crippen LogP contribution in [0.25, 0.3) is 0 Å². The van der Waals surface area contributed by atoms with Gasteiger partial charge in [0.05, 0.1) is 11.1 Å². The Labute approximate surface area is 171 Å². The van der Waals surface area contributed by atoms with Gasteiger partial charge < -0.3 is 14.8 Å². The van der Waals surface area contributed by atoms with Gasteiger partial charge in [0, 0.05) is 12.2 Å². The predicted molar refractivity (Wildman–Crippen MR) is 110 cm³/mol. The van der Waals surface area contributed by atoms with Gasteiger partial charge in [-0.3, -0.25) is 0 Å². The van der Waals surface area contributed by atoms with Gasteiger partial charge in [-0.15, -0.1) is 0 Å². The normalized spacial score (nSPS) is 10.6. The lowest BCUT2D eigenvalue weighted by molar-refractivity contribution is 0.267. The van der Waals surface area contributed by atoms with E-state index in [1.807, 2.05) is 19.1 Å². The minimum atomic E-state index is -0.299. The summed E-state index contributed by atoms with van der Waals surface area (Å²) in [6.07, 6.45) is 0. The average molecular weight is 448 g/mol. The number of hydrogen-bond acceptors (Lipinski definition) is 3. The van der Waals surface area contributed by atoms with E-state index in [0.29, 0.717) is 24.7 Å². The van der Waals surface area contributed by atoms with Crippen molar-refractivity contribution < 1.29 is 18.3 Å². The summed E-state index contributed by atoms with van der Waals surface area (Å²) in [7, 11) is 0. The largest absolute Gasteiger partial charge is 0.490 e. The van der Waals surface area contributed by atoms with Crippen LogP contribution < -0.4 is 14.8 Å². The Morgan fingerprint density at radius 3 is 2.39 bits per heavy atom. The number of ether oxygens (including phenoxy) is 2. The van der Waals surface area contributed by atoms with Crippen LogP contribution in [0.2, 0.25) is 0 Å². The summed E-state index contributed by atoms with van der Waals surface area (Å²) >= 11 is 3.54. The van der Waals surface area contributed by atoms with E-state index in [2.05, 4.69) is 21.2 Å². The third kappa shape index (κ3) is 5.45. The van der Waals surface area contributed by atoms with Gasteiger partial charge in [0.2, 0.25) is 0 Å². The lowest BCUT2D eigenvalue weighted by atomic mass is 10.2. The molecule has 0 aliphatic rings. The molecule has 3 nitrogen and oxygen atoms in total. The molecular weight excluding hydrogens is 428 g/mol. The zero-order valence-electron chi connectivity index (χ0n) is 15.3. The lowest BCUT2D eigenvalue weighted by Gasteiger charge is -2.16. The average Bonchev–Trinajstić information content (AvgIpc) is 2.67. The van der Waals surface area contributed by atoms with Crippen LogP contribution >= 0.6 is 15.9 Å². The molecule has 146 valence electrons. The fourth-order valence-corrected chi connectivity index (χ4v) is 3.28. The van der Waals surface area contributed by atoms with Gasteiger partial charge in [-0.05, 0) is 82.5 Å². The molecule has 28 heavy (non-hydrogen) atoms. The molecule has 6 heteroatoms. The third-order valence-electron chi connectivity index (χ3n) is 3.98. The number of nitrogens with one attached hydrogen (secondary N) is 1. The van der Waals surface area contributed by atoms with Crippen molar-refractivity contribution in [3.05, 3.63) is 87.9 Å². The first-order valence-corrected chi connectivity index (χ1v) is 9.66. The van der Waals surface area contributed by atoms with Gasteiger partial charge >= 0.3 is 0 Å². The van der Waals surface area contributed by atoms with E-state index >= 15 is 0 Å². The monoisotopic (exact) mass is 447 g/mol. The van der Waals surface area contributed by atoms with Gasteiger partial charge in [0.15, 0.2) is 11.5 Å². The highest BCUT2D eigenvalue weighted by Gasteiger charge is 2.13. The smallest absolute Gasteiger partial charge is 0.175 e. The summed E-state index contributed by atoms with van der Waals surface area (Å²) in [5.74, 6) is 0.597. The molecule has 3 rings (SSSR count). The maximum Gasteiger partial charge on any atom is 0.175 e. The summed E-state index contributed by atoms with van der Waals surface area (Å²) in [5, 5.41) is 3.24. The Bertz CT molecular complexity index is 932. The topological polar surface area (TPSA) is 30.5 Å². The molecule has 0 atom stereocenters. The molecule has 0 saturated carbocycles. The van der Waals surface area contributed by atoms with Gasteiger partial charge in [0.25, 0.3) is 0 Å². The quantitative estimate of drug-likeness (QED) is 0.438.